The summed E-state index contributed by atoms with van der Waals surface area (Å²) in [6, 6.07) is 33.7. The van der Waals surface area contributed by atoms with Crippen LogP contribution in [0.2, 0.25) is 0 Å². The second-order valence-electron chi connectivity index (χ2n) is 12.1. The van der Waals surface area contributed by atoms with Crippen molar-refractivity contribution in [3.63, 3.8) is 0 Å². The van der Waals surface area contributed by atoms with E-state index in [2.05, 4.69) is 107 Å². The summed E-state index contributed by atoms with van der Waals surface area (Å²) < 4.78 is 5.74. The van der Waals surface area contributed by atoms with Crippen LogP contribution in [0.1, 0.15) is 41.8 Å². The van der Waals surface area contributed by atoms with Crippen LogP contribution in [0.25, 0.3) is 55.5 Å². The molecule has 0 amide bonds. The number of rotatable bonds is 5. The minimum Gasteiger partial charge on any atom is -0.506 e. The molecule has 0 bridgehead atoms. The Morgan fingerprint density at radius 1 is 0.739 bits per heavy atom. The molecule has 0 saturated heterocycles. The number of aromatic nitrogens is 3. The minimum atomic E-state index is 0. The fourth-order valence-electron chi connectivity index (χ4n) is 5.34. The molecule has 0 unspecified atom stereocenters. The van der Waals surface area contributed by atoms with Crippen molar-refractivity contribution in [2.45, 2.75) is 48.0 Å². The molecule has 7 rings (SSSR count). The smallest absolute Gasteiger partial charge is 0.0847 e. The number of furan rings is 1. The Hall–Kier alpha value is -4.44. The molecule has 4 nitrogen and oxygen atoms in total. The first-order valence-corrected chi connectivity index (χ1v) is 15.4. The Bertz CT molecular complexity index is 2050. The Morgan fingerprint density at radius 2 is 1.50 bits per heavy atom. The van der Waals surface area contributed by atoms with Gasteiger partial charge in [0.1, 0.15) is 0 Å². The Labute approximate surface area is 285 Å². The number of benzene rings is 3. The summed E-state index contributed by atoms with van der Waals surface area (Å²) >= 11 is 0. The van der Waals surface area contributed by atoms with Gasteiger partial charge in [-0.25, -0.2) is 0 Å². The quantitative estimate of drug-likeness (QED) is 0.163. The van der Waals surface area contributed by atoms with Crippen LogP contribution in [0.5, 0.6) is 0 Å². The SMILES string of the molecule is CC(C)Cc1ccc2c(-c3ccc(-c4ccccc4)cn3)[c-]c3ccoc3c2n1.Cc1c[c-]c(-c2cc(C)c(C)cn2)cc1C.[Ir]. The van der Waals surface area contributed by atoms with Gasteiger partial charge in [0.25, 0.3) is 0 Å². The minimum absolute atomic E-state index is 0. The van der Waals surface area contributed by atoms with E-state index in [1.54, 1.807) is 6.26 Å². The van der Waals surface area contributed by atoms with Gasteiger partial charge < -0.3 is 9.40 Å². The van der Waals surface area contributed by atoms with Gasteiger partial charge in [-0.15, -0.1) is 41.0 Å². The predicted molar refractivity (Wildman–Crippen MR) is 185 cm³/mol. The van der Waals surface area contributed by atoms with Crippen molar-refractivity contribution in [2.24, 2.45) is 5.92 Å². The van der Waals surface area contributed by atoms with E-state index in [4.69, 9.17) is 14.4 Å². The average molecular weight is 780 g/mol. The van der Waals surface area contributed by atoms with Gasteiger partial charge in [0.05, 0.1) is 5.58 Å². The topological polar surface area (TPSA) is 51.8 Å². The van der Waals surface area contributed by atoms with Crippen molar-refractivity contribution < 1.29 is 24.5 Å². The number of hydrogen-bond donors (Lipinski definition) is 0. The van der Waals surface area contributed by atoms with Gasteiger partial charge in [-0.05, 0) is 54.6 Å². The van der Waals surface area contributed by atoms with Crippen LogP contribution >= 0.6 is 0 Å². The van der Waals surface area contributed by atoms with Crippen LogP contribution in [0.3, 0.4) is 0 Å². The Balaban J connectivity index is 0.000000209. The summed E-state index contributed by atoms with van der Waals surface area (Å²) in [5, 5.41) is 1.94. The largest absolute Gasteiger partial charge is 0.506 e. The van der Waals surface area contributed by atoms with Crippen molar-refractivity contribution in [3.8, 4) is 33.6 Å². The van der Waals surface area contributed by atoms with Crippen molar-refractivity contribution in [3.05, 3.63) is 138 Å². The van der Waals surface area contributed by atoms with E-state index in [9.17, 15) is 0 Å². The Morgan fingerprint density at radius 3 is 2.20 bits per heavy atom. The number of aryl methyl sites for hydroxylation is 4. The van der Waals surface area contributed by atoms with Crippen LogP contribution in [0.15, 0.2) is 102 Å². The van der Waals surface area contributed by atoms with Gasteiger partial charge in [-0.1, -0.05) is 110 Å². The van der Waals surface area contributed by atoms with E-state index in [0.717, 1.165) is 67.6 Å². The zero-order chi connectivity index (χ0) is 31.5. The molecule has 233 valence electrons. The van der Waals surface area contributed by atoms with E-state index >= 15 is 0 Å². The van der Waals surface area contributed by atoms with Crippen molar-refractivity contribution >= 4 is 21.9 Å². The fraction of sp³-hybridized carbons (Fsp3) is 0.195. The van der Waals surface area contributed by atoms with E-state index < -0.39 is 0 Å². The zero-order valence-corrected chi connectivity index (χ0v) is 29.5. The molecule has 0 aliphatic rings. The van der Waals surface area contributed by atoms with E-state index in [1.165, 1.54) is 22.3 Å². The maximum absolute atomic E-state index is 5.74. The summed E-state index contributed by atoms with van der Waals surface area (Å²) in [6.07, 6.45) is 6.49. The molecule has 0 saturated carbocycles. The van der Waals surface area contributed by atoms with Crippen LogP contribution in [0, 0.1) is 45.7 Å². The molecule has 0 N–H and O–H groups in total. The number of pyridine rings is 3. The second kappa shape index (κ2) is 14.3. The molecule has 0 spiro atoms. The summed E-state index contributed by atoms with van der Waals surface area (Å²) in [7, 11) is 0. The molecular formula is C41H37IrN3O-2. The van der Waals surface area contributed by atoms with Crippen molar-refractivity contribution in [1.82, 2.24) is 15.0 Å². The third-order valence-electron chi connectivity index (χ3n) is 8.18. The first-order chi connectivity index (χ1) is 21.8. The number of hydrogen-bond acceptors (Lipinski definition) is 4. The van der Waals surface area contributed by atoms with E-state index in [0.29, 0.717) is 5.92 Å². The summed E-state index contributed by atoms with van der Waals surface area (Å²) in [4.78, 5) is 14.1. The van der Waals surface area contributed by atoms with E-state index in [1.807, 2.05) is 42.7 Å². The first-order valence-electron chi connectivity index (χ1n) is 15.4. The molecule has 46 heavy (non-hydrogen) atoms. The van der Waals surface area contributed by atoms with Gasteiger partial charge in [0.2, 0.25) is 0 Å². The van der Waals surface area contributed by atoms with Crippen LogP contribution < -0.4 is 0 Å². The molecule has 0 aliphatic heterocycles. The Kier molecular flexibility index (Phi) is 10.3. The molecular weight excluding hydrogens is 743 g/mol. The third-order valence-corrected chi connectivity index (χ3v) is 8.18. The molecule has 5 heteroatoms. The van der Waals surface area contributed by atoms with E-state index in [-0.39, 0.29) is 20.1 Å². The van der Waals surface area contributed by atoms with Crippen LogP contribution in [-0.4, -0.2) is 15.0 Å². The number of fused-ring (bicyclic) bond motifs is 3. The first kappa shape index (κ1) is 32.9. The monoisotopic (exact) mass is 780 g/mol. The summed E-state index contributed by atoms with van der Waals surface area (Å²) in [5.74, 6) is 0.550. The van der Waals surface area contributed by atoms with Crippen LogP contribution in [0.4, 0.5) is 0 Å². The van der Waals surface area contributed by atoms with Crippen molar-refractivity contribution in [2.75, 3.05) is 0 Å². The van der Waals surface area contributed by atoms with Gasteiger partial charge in [-0.3, -0.25) is 9.97 Å². The maximum Gasteiger partial charge on any atom is 0.0847 e. The normalized spacial score (nSPS) is 10.9. The predicted octanol–water partition coefficient (Wildman–Crippen LogP) is 10.5. The van der Waals surface area contributed by atoms with Gasteiger partial charge in [-0.2, -0.15) is 0 Å². The molecule has 3 aromatic carbocycles. The number of nitrogens with zero attached hydrogens (tertiary/aromatic N) is 3. The second-order valence-corrected chi connectivity index (χ2v) is 12.1. The molecule has 4 aromatic heterocycles. The van der Waals surface area contributed by atoms with Gasteiger partial charge >= 0.3 is 0 Å². The molecule has 4 heterocycles. The zero-order valence-electron chi connectivity index (χ0n) is 27.1. The average Bonchev–Trinajstić information content (AvgIpc) is 3.53. The molecule has 0 fully saturated rings. The molecule has 1 radical (unpaired) electrons. The molecule has 0 aliphatic carbocycles. The van der Waals surface area contributed by atoms with Gasteiger partial charge in [0, 0.05) is 55.7 Å². The van der Waals surface area contributed by atoms with Crippen molar-refractivity contribution in [1.29, 1.82) is 0 Å². The fourth-order valence-corrected chi connectivity index (χ4v) is 5.34. The summed E-state index contributed by atoms with van der Waals surface area (Å²) in [5.41, 5.74) is 14.0. The summed E-state index contributed by atoms with van der Waals surface area (Å²) in [6.45, 7) is 12.8. The van der Waals surface area contributed by atoms with Crippen LogP contribution in [-0.2, 0) is 26.5 Å². The molecule has 7 aromatic rings. The molecule has 0 atom stereocenters. The maximum atomic E-state index is 5.74. The standard InChI is InChI=1S/C26H21N2O.C15H16N.Ir/c1-17(2)14-21-9-10-22-23(15-19-12-13-29-26(19)25(22)28-21)24-11-8-20(16-27-24)18-6-4-3-5-7-18;1-10-5-6-14(7-11(10)2)15-8-12(3)13(4)9-16-15;/h3-13,16-17H,14H2,1-2H3;5,7-9H,1-4H3;/q2*-1;. The third kappa shape index (κ3) is 7.17. The van der Waals surface area contributed by atoms with Gasteiger partial charge in [0.15, 0.2) is 0 Å².